The normalized spacial score (nSPS) is 11.7. The van der Waals surface area contributed by atoms with Gasteiger partial charge in [-0.15, -0.1) is 0 Å². The van der Waals surface area contributed by atoms with Crippen molar-refractivity contribution in [3.63, 3.8) is 0 Å². The van der Waals surface area contributed by atoms with Crippen molar-refractivity contribution in [3.05, 3.63) is 52.5 Å². The predicted molar refractivity (Wildman–Crippen MR) is 92.6 cm³/mol. The van der Waals surface area contributed by atoms with Crippen molar-refractivity contribution < 1.29 is 14.3 Å². The maximum Gasteiger partial charge on any atom is 0.265 e. The van der Waals surface area contributed by atoms with Crippen molar-refractivity contribution in [3.8, 4) is 11.5 Å². The lowest BCUT2D eigenvalue weighted by atomic mass is 10.2. The number of carbonyl (C=O) groups is 1. The van der Waals surface area contributed by atoms with Gasteiger partial charge in [0.2, 0.25) is 0 Å². The first kappa shape index (κ1) is 17.2. The van der Waals surface area contributed by atoms with Crippen LogP contribution in [0.15, 0.2) is 36.4 Å². The number of nitrogens with one attached hydrogen (secondary N) is 1. The maximum absolute atomic E-state index is 12.4. The van der Waals surface area contributed by atoms with Gasteiger partial charge in [-0.3, -0.25) is 4.79 Å². The van der Waals surface area contributed by atoms with Crippen molar-refractivity contribution in [2.45, 2.75) is 26.9 Å². The van der Waals surface area contributed by atoms with Gasteiger partial charge in [-0.2, -0.15) is 0 Å². The first-order chi connectivity index (χ1) is 10.9. The summed E-state index contributed by atoms with van der Waals surface area (Å²) >= 11 is 5.92. The molecule has 0 aliphatic carbocycles. The number of carbonyl (C=O) groups excluding carboxylic acids is 1. The number of methoxy groups -OCH3 is 1. The fourth-order valence-electron chi connectivity index (χ4n) is 2.14. The quantitative estimate of drug-likeness (QED) is 0.883. The molecule has 0 aliphatic rings. The van der Waals surface area contributed by atoms with Crippen LogP contribution in [0.4, 0.5) is 5.69 Å². The second-order valence-corrected chi connectivity index (χ2v) is 5.80. The van der Waals surface area contributed by atoms with Crippen molar-refractivity contribution in [2.75, 3.05) is 12.4 Å². The molecule has 0 bridgehead atoms. The molecule has 1 N–H and O–H groups in total. The molecule has 0 saturated carbocycles. The minimum Gasteiger partial charge on any atom is -0.495 e. The average Bonchev–Trinajstić information content (AvgIpc) is 2.50. The van der Waals surface area contributed by atoms with E-state index in [0.717, 1.165) is 11.1 Å². The van der Waals surface area contributed by atoms with Crippen LogP contribution >= 0.6 is 11.6 Å². The Kier molecular flexibility index (Phi) is 5.50. The van der Waals surface area contributed by atoms with Gasteiger partial charge >= 0.3 is 0 Å². The standard InChI is InChI=1S/C18H20ClNO3/c1-11-5-7-17(22-4)15(9-11)20-18(21)13(3)23-16-8-6-14(19)10-12(16)2/h5-10,13H,1-4H3,(H,20,21)/t13-/m1/s1. The molecule has 0 unspecified atom stereocenters. The number of hydrogen-bond acceptors (Lipinski definition) is 3. The van der Waals surface area contributed by atoms with Crippen LogP contribution in [0.1, 0.15) is 18.1 Å². The summed E-state index contributed by atoms with van der Waals surface area (Å²) in [6.45, 7) is 5.53. The summed E-state index contributed by atoms with van der Waals surface area (Å²) in [6, 6.07) is 10.9. The smallest absolute Gasteiger partial charge is 0.265 e. The number of aryl methyl sites for hydroxylation is 2. The Morgan fingerprint density at radius 1 is 1.13 bits per heavy atom. The molecule has 2 rings (SSSR count). The Bertz CT molecular complexity index is 715. The van der Waals surface area contributed by atoms with E-state index in [2.05, 4.69) is 5.32 Å². The molecule has 23 heavy (non-hydrogen) atoms. The highest BCUT2D eigenvalue weighted by atomic mass is 35.5. The highest BCUT2D eigenvalue weighted by Gasteiger charge is 2.17. The van der Waals surface area contributed by atoms with Gasteiger partial charge in [-0.1, -0.05) is 17.7 Å². The molecule has 2 aromatic rings. The molecule has 1 amide bonds. The highest BCUT2D eigenvalue weighted by Crippen LogP contribution is 2.26. The lowest BCUT2D eigenvalue weighted by Gasteiger charge is -2.17. The summed E-state index contributed by atoms with van der Waals surface area (Å²) in [5, 5.41) is 3.47. The number of benzene rings is 2. The van der Waals surface area contributed by atoms with E-state index in [0.29, 0.717) is 22.2 Å². The molecule has 0 spiro atoms. The Balaban J connectivity index is 2.10. The lowest BCUT2D eigenvalue weighted by Crippen LogP contribution is -2.30. The van der Waals surface area contributed by atoms with Crippen LogP contribution in [0.3, 0.4) is 0 Å². The number of anilines is 1. The van der Waals surface area contributed by atoms with Gasteiger partial charge in [0.15, 0.2) is 6.10 Å². The second kappa shape index (κ2) is 7.38. The van der Waals surface area contributed by atoms with Crippen LogP contribution in [-0.2, 0) is 4.79 Å². The lowest BCUT2D eigenvalue weighted by molar-refractivity contribution is -0.122. The third-order valence-corrected chi connectivity index (χ3v) is 3.66. The van der Waals surface area contributed by atoms with Crippen LogP contribution in [0.5, 0.6) is 11.5 Å². The molecule has 1 atom stereocenters. The molecule has 0 fully saturated rings. The van der Waals surface area contributed by atoms with Crippen LogP contribution in [0.25, 0.3) is 0 Å². The molecule has 0 radical (unpaired) electrons. The number of halogens is 1. The Morgan fingerprint density at radius 3 is 2.48 bits per heavy atom. The summed E-state index contributed by atoms with van der Waals surface area (Å²) in [6.07, 6.45) is -0.653. The zero-order valence-electron chi connectivity index (χ0n) is 13.6. The van der Waals surface area contributed by atoms with Crippen molar-refractivity contribution in [2.24, 2.45) is 0 Å². The zero-order chi connectivity index (χ0) is 17.0. The molecular formula is C18H20ClNO3. The van der Waals surface area contributed by atoms with Crippen LogP contribution in [0, 0.1) is 13.8 Å². The largest absolute Gasteiger partial charge is 0.495 e. The molecule has 0 aromatic heterocycles. The topological polar surface area (TPSA) is 47.6 Å². The van der Waals surface area contributed by atoms with Gasteiger partial charge in [0.1, 0.15) is 11.5 Å². The minimum atomic E-state index is -0.653. The first-order valence-electron chi connectivity index (χ1n) is 7.29. The van der Waals surface area contributed by atoms with E-state index in [1.54, 1.807) is 32.2 Å². The highest BCUT2D eigenvalue weighted by molar-refractivity contribution is 6.30. The van der Waals surface area contributed by atoms with E-state index in [1.165, 1.54) is 0 Å². The van der Waals surface area contributed by atoms with Gasteiger partial charge in [-0.25, -0.2) is 0 Å². The van der Waals surface area contributed by atoms with Crippen LogP contribution < -0.4 is 14.8 Å². The Labute approximate surface area is 141 Å². The van der Waals surface area contributed by atoms with E-state index in [1.807, 2.05) is 32.0 Å². The molecule has 0 aliphatic heterocycles. The van der Waals surface area contributed by atoms with E-state index in [4.69, 9.17) is 21.1 Å². The fourth-order valence-corrected chi connectivity index (χ4v) is 2.37. The number of rotatable bonds is 5. The summed E-state index contributed by atoms with van der Waals surface area (Å²) < 4.78 is 11.0. The molecule has 0 heterocycles. The van der Waals surface area contributed by atoms with Crippen molar-refractivity contribution in [1.29, 1.82) is 0 Å². The maximum atomic E-state index is 12.4. The molecule has 0 saturated heterocycles. The number of hydrogen-bond donors (Lipinski definition) is 1. The summed E-state index contributed by atoms with van der Waals surface area (Å²) in [4.78, 5) is 12.4. The van der Waals surface area contributed by atoms with E-state index in [-0.39, 0.29) is 5.91 Å². The summed E-state index contributed by atoms with van der Waals surface area (Å²) in [5.74, 6) is 0.996. The Morgan fingerprint density at radius 2 is 1.83 bits per heavy atom. The zero-order valence-corrected chi connectivity index (χ0v) is 14.4. The minimum absolute atomic E-state index is 0.247. The van der Waals surface area contributed by atoms with E-state index in [9.17, 15) is 4.79 Å². The molecule has 5 heteroatoms. The molecule has 2 aromatic carbocycles. The summed E-state index contributed by atoms with van der Waals surface area (Å²) in [7, 11) is 1.57. The third kappa shape index (κ3) is 4.39. The Hall–Kier alpha value is -2.20. The van der Waals surface area contributed by atoms with Crippen molar-refractivity contribution in [1.82, 2.24) is 0 Å². The third-order valence-electron chi connectivity index (χ3n) is 3.42. The van der Waals surface area contributed by atoms with Crippen molar-refractivity contribution >= 4 is 23.2 Å². The van der Waals surface area contributed by atoms with Gasteiger partial charge in [0.25, 0.3) is 5.91 Å². The van der Waals surface area contributed by atoms with E-state index >= 15 is 0 Å². The average molecular weight is 334 g/mol. The van der Waals surface area contributed by atoms with Crippen LogP contribution in [0.2, 0.25) is 5.02 Å². The SMILES string of the molecule is COc1ccc(C)cc1NC(=O)[C@@H](C)Oc1ccc(Cl)cc1C. The molecule has 122 valence electrons. The molecular weight excluding hydrogens is 314 g/mol. The van der Waals surface area contributed by atoms with Gasteiger partial charge in [-0.05, 0) is 62.2 Å². The first-order valence-corrected chi connectivity index (χ1v) is 7.67. The second-order valence-electron chi connectivity index (χ2n) is 5.36. The number of amides is 1. The summed E-state index contributed by atoms with van der Waals surface area (Å²) in [5.41, 5.74) is 2.54. The van der Waals surface area contributed by atoms with Crippen LogP contribution in [-0.4, -0.2) is 19.1 Å². The van der Waals surface area contributed by atoms with E-state index < -0.39 is 6.10 Å². The predicted octanol–water partition coefficient (Wildman–Crippen LogP) is 4.37. The number of ether oxygens (including phenoxy) is 2. The van der Waals surface area contributed by atoms with Gasteiger partial charge in [0.05, 0.1) is 12.8 Å². The monoisotopic (exact) mass is 333 g/mol. The fraction of sp³-hybridized carbons (Fsp3) is 0.278. The molecule has 4 nitrogen and oxygen atoms in total. The van der Waals surface area contributed by atoms with Gasteiger partial charge < -0.3 is 14.8 Å². The van der Waals surface area contributed by atoms with Gasteiger partial charge in [0, 0.05) is 5.02 Å².